The van der Waals surface area contributed by atoms with Crippen LogP contribution in [0.15, 0.2) is 48.9 Å². The maximum Gasteiger partial charge on any atom is 0.163 e. The average molecular weight is 620 g/mol. The van der Waals surface area contributed by atoms with Gasteiger partial charge in [0.05, 0.1) is 12.3 Å². The Labute approximate surface area is 271 Å². The first kappa shape index (κ1) is 33.0. The predicted molar refractivity (Wildman–Crippen MR) is 177 cm³/mol. The van der Waals surface area contributed by atoms with Crippen molar-refractivity contribution in [1.82, 2.24) is 24.7 Å². The highest BCUT2D eigenvalue weighted by Crippen LogP contribution is 2.31. The van der Waals surface area contributed by atoms with Crippen molar-refractivity contribution >= 4 is 0 Å². The summed E-state index contributed by atoms with van der Waals surface area (Å²) in [5, 5.41) is 11.4. The molecule has 2 unspecified atom stereocenters. The van der Waals surface area contributed by atoms with Crippen molar-refractivity contribution in [3.05, 3.63) is 60.2 Å². The minimum atomic E-state index is -0.749. The number of pyridine rings is 2. The van der Waals surface area contributed by atoms with Crippen molar-refractivity contribution in [3.8, 4) is 0 Å². The van der Waals surface area contributed by atoms with Gasteiger partial charge < -0.3 is 19.5 Å². The third-order valence-corrected chi connectivity index (χ3v) is 11.0. The summed E-state index contributed by atoms with van der Waals surface area (Å²) in [6, 6.07) is 10.4. The van der Waals surface area contributed by atoms with E-state index in [9.17, 15) is 5.11 Å². The van der Waals surface area contributed by atoms with Crippen LogP contribution in [0.3, 0.4) is 0 Å². The van der Waals surface area contributed by atoms with Crippen LogP contribution in [0, 0.1) is 23.7 Å². The van der Waals surface area contributed by atoms with Crippen LogP contribution in [0.1, 0.15) is 81.9 Å². The van der Waals surface area contributed by atoms with Gasteiger partial charge in [-0.05, 0) is 132 Å². The number of piperidine rings is 3. The molecule has 1 aliphatic carbocycles. The second-order valence-electron chi connectivity index (χ2n) is 14.4. The highest BCUT2D eigenvalue weighted by Gasteiger charge is 2.34. The number of aromatic nitrogens is 2. The van der Waals surface area contributed by atoms with Crippen LogP contribution in [0.5, 0.6) is 0 Å². The lowest BCUT2D eigenvalue weighted by molar-refractivity contribution is -0.273. The molecule has 1 N–H and O–H groups in total. The third-order valence-electron chi connectivity index (χ3n) is 11.0. The molecule has 1 saturated carbocycles. The molecule has 0 bridgehead atoms. The maximum atomic E-state index is 11.4. The number of aliphatic hydroxyl groups excluding tert-OH is 1. The molecule has 3 saturated heterocycles. The Morgan fingerprint density at radius 2 is 1.36 bits per heavy atom. The lowest BCUT2D eigenvalue weighted by Gasteiger charge is -2.40. The molecule has 5 heterocycles. The van der Waals surface area contributed by atoms with Crippen LogP contribution in [0.25, 0.3) is 0 Å². The molecule has 0 spiro atoms. The largest absolute Gasteiger partial charge is 0.368 e. The van der Waals surface area contributed by atoms with Gasteiger partial charge in [-0.2, -0.15) is 0 Å². The van der Waals surface area contributed by atoms with Crippen LogP contribution in [-0.2, 0) is 22.6 Å². The van der Waals surface area contributed by atoms with E-state index in [4.69, 9.17) is 9.47 Å². The van der Waals surface area contributed by atoms with E-state index < -0.39 is 6.29 Å². The quantitative estimate of drug-likeness (QED) is 0.292. The summed E-state index contributed by atoms with van der Waals surface area (Å²) in [6.45, 7) is 10.2. The standard InChI is InChI=1S/C37H57N5O3/c43-36(33-13-22-41(23-14-33)26-30-6-2-1-3-7-30)45-37(34-15-24-42(25-16-34)28-35-8-4-5-17-39-35)44-29-32-11-20-40(21-12-32)27-31-9-18-38-19-10-31/h4-5,8-10,17-19,30,32-34,36-37,43H,1-3,6-7,11-16,20-29H2. The second kappa shape index (κ2) is 17.3. The Morgan fingerprint density at radius 3 is 2.07 bits per heavy atom. The number of likely N-dealkylation sites (tertiary alicyclic amines) is 3. The summed E-state index contributed by atoms with van der Waals surface area (Å²) in [7, 11) is 0. The number of hydrogen-bond acceptors (Lipinski definition) is 8. The summed E-state index contributed by atoms with van der Waals surface area (Å²) in [6.07, 6.45) is 17.9. The third kappa shape index (κ3) is 10.3. The summed E-state index contributed by atoms with van der Waals surface area (Å²) in [5.41, 5.74) is 2.46. The van der Waals surface area contributed by atoms with Crippen molar-refractivity contribution in [2.24, 2.45) is 23.7 Å². The first-order chi connectivity index (χ1) is 22.2. The van der Waals surface area contributed by atoms with E-state index in [2.05, 4.69) is 48.9 Å². The van der Waals surface area contributed by atoms with Crippen molar-refractivity contribution in [3.63, 3.8) is 0 Å². The van der Waals surface area contributed by atoms with Gasteiger partial charge in [0.1, 0.15) is 0 Å². The number of rotatable bonds is 13. The van der Waals surface area contributed by atoms with Gasteiger partial charge in [-0.3, -0.25) is 19.8 Å². The van der Waals surface area contributed by atoms with E-state index in [1.807, 2.05) is 24.7 Å². The van der Waals surface area contributed by atoms with E-state index in [1.165, 1.54) is 44.2 Å². The molecule has 8 heteroatoms. The van der Waals surface area contributed by atoms with Gasteiger partial charge in [-0.1, -0.05) is 25.3 Å². The van der Waals surface area contributed by atoms with Crippen molar-refractivity contribution in [1.29, 1.82) is 0 Å². The van der Waals surface area contributed by atoms with Gasteiger partial charge in [-0.15, -0.1) is 0 Å². The Hall–Kier alpha value is -1.94. The first-order valence-corrected chi connectivity index (χ1v) is 18.1. The molecule has 0 aromatic carbocycles. The van der Waals surface area contributed by atoms with E-state index in [1.54, 1.807) is 0 Å². The number of nitrogens with zero attached hydrogens (tertiary/aromatic N) is 5. The van der Waals surface area contributed by atoms with Gasteiger partial charge in [0, 0.05) is 50.1 Å². The summed E-state index contributed by atoms with van der Waals surface area (Å²) in [5.74, 6) is 1.91. The molecule has 8 nitrogen and oxygen atoms in total. The zero-order valence-electron chi connectivity index (χ0n) is 27.4. The van der Waals surface area contributed by atoms with E-state index >= 15 is 0 Å². The molecule has 2 atom stereocenters. The molecule has 2 aromatic rings. The van der Waals surface area contributed by atoms with Gasteiger partial charge in [0.15, 0.2) is 12.6 Å². The molecule has 3 aliphatic heterocycles. The SMILES string of the molecule is OC(OC(OCC1CCN(Cc2ccncc2)CC1)C1CCN(Cc2ccccn2)CC1)C1CCN(CC2CCCCC2)CC1. The predicted octanol–water partition coefficient (Wildman–Crippen LogP) is 5.57. The zero-order valence-corrected chi connectivity index (χ0v) is 27.4. The smallest absolute Gasteiger partial charge is 0.163 e. The van der Waals surface area contributed by atoms with Crippen molar-refractivity contribution < 1.29 is 14.6 Å². The first-order valence-electron chi connectivity index (χ1n) is 18.1. The van der Waals surface area contributed by atoms with Crippen LogP contribution in [0.4, 0.5) is 0 Å². The van der Waals surface area contributed by atoms with Crippen molar-refractivity contribution in [2.45, 2.75) is 96.3 Å². The zero-order chi connectivity index (χ0) is 30.7. The molecular formula is C37H57N5O3. The summed E-state index contributed by atoms with van der Waals surface area (Å²) < 4.78 is 13.2. The maximum absolute atomic E-state index is 11.4. The molecule has 0 amide bonds. The minimum absolute atomic E-state index is 0.194. The Bertz CT molecular complexity index is 1080. The lowest BCUT2D eigenvalue weighted by atomic mass is 9.88. The number of ether oxygens (including phenoxy) is 2. The second-order valence-corrected chi connectivity index (χ2v) is 14.4. The minimum Gasteiger partial charge on any atom is -0.368 e. The van der Waals surface area contributed by atoms with E-state index in [0.717, 1.165) is 102 Å². The van der Waals surface area contributed by atoms with Crippen LogP contribution < -0.4 is 0 Å². The number of aliphatic hydroxyl groups is 1. The van der Waals surface area contributed by atoms with Crippen LogP contribution in [0.2, 0.25) is 0 Å². The van der Waals surface area contributed by atoms with Gasteiger partial charge in [0.25, 0.3) is 0 Å². The molecule has 248 valence electrons. The fourth-order valence-electron chi connectivity index (χ4n) is 8.08. The highest BCUT2D eigenvalue weighted by molar-refractivity contribution is 5.09. The normalized spacial score (nSPS) is 24.1. The van der Waals surface area contributed by atoms with Gasteiger partial charge in [-0.25, -0.2) is 0 Å². The monoisotopic (exact) mass is 619 g/mol. The van der Waals surface area contributed by atoms with Crippen molar-refractivity contribution in [2.75, 3.05) is 52.4 Å². The molecule has 2 aromatic heterocycles. The fraction of sp³-hybridized carbons (Fsp3) is 0.730. The van der Waals surface area contributed by atoms with E-state index in [-0.39, 0.29) is 12.2 Å². The van der Waals surface area contributed by atoms with Gasteiger partial charge >= 0.3 is 0 Å². The highest BCUT2D eigenvalue weighted by atomic mass is 16.7. The lowest BCUT2D eigenvalue weighted by Crippen LogP contribution is -2.45. The molecule has 45 heavy (non-hydrogen) atoms. The van der Waals surface area contributed by atoms with Crippen LogP contribution >= 0.6 is 0 Å². The Morgan fingerprint density at radius 1 is 0.689 bits per heavy atom. The molecular weight excluding hydrogens is 562 g/mol. The number of hydrogen-bond donors (Lipinski definition) is 1. The molecule has 4 fully saturated rings. The van der Waals surface area contributed by atoms with Gasteiger partial charge in [0.2, 0.25) is 0 Å². The Balaban J connectivity index is 0.987. The summed E-state index contributed by atoms with van der Waals surface area (Å²) in [4.78, 5) is 16.4. The van der Waals surface area contributed by atoms with E-state index in [0.29, 0.717) is 18.4 Å². The average Bonchev–Trinajstić information content (AvgIpc) is 3.09. The fourth-order valence-corrected chi connectivity index (χ4v) is 8.08. The topological polar surface area (TPSA) is 74.2 Å². The molecule has 6 rings (SSSR count). The summed E-state index contributed by atoms with van der Waals surface area (Å²) >= 11 is 0. The molecule has 4 aliphatic rings. The molecule has 0 radical (unpaired) electrons. The Kier molecular flexibility index (Phi) is 12.7. The van der Waals surface area contributed by atoms with Crippen LogP contribution in [-0.4, -0.2) is 94.8 Å².